The van der Waals surface area contributed by atoms with Crippen LogP contribution < -0.4 is 0 Å². The van der Waals surface area contributed by atoms with E-state index in [4.69, 9.17) is 23.2 Å². The second kappa shape index (κ2) is 7.63. The lowest BCUT2D eigenvalue weighted by molar-refractivity contribution is -0.134. The molecule has 3 atom stereocenters. The zero-order chi connectivity index (χ0) is 17.3. The van der Waals surface area contributed by atoms with Gasteiger partial charge in [-0.25, -0.2) is 0 Å². The average molecular weight is 369 g/mol. The fourth-order valence-corrected chi connectivity index (χ4v) is 4.84. The minimum atomic E-state index is 0.165. The second-order valence-electron chi connectivity index (χ2n) is 7.30. The highest BCUT2D eigenvalue weighted by Crippen LogP contribution is 2.36. The number of piperidine rings is 1. The maximum atomic E-state index is 12.8. The lowest BCUT2D eigenvalue weighted by Crippen LogP contribution is -2.58. The van der Waals surface area contributed by atoms with E-state index in [0.29, 0.717) is 28.5 Å². The van der Waals surface area contributed by atoms with Crippen molar-refractivity contribution >= 4 is 29.1 Å². The average Bonchev–Trinajstić information content (AvgIpc) is 2.57. The lowest BCUT2D eigenvalue weighted by atomic mass is 9.75. The number of likely N-dealkylation sites (tertiary alicyclic amines) is 1. The van der Waals surface area contributed by atoms with E-state index < -0.39 is 0 Å². The van der Waals surface area contributed by atoms with Crippen molar-refractivity contribution in [1.29, 1.82) is 0 Å². The molecule has 1 aliphatic heterocycles. The zero-order valence-electron chi connectivity index (χ0n) is 14.5. The van der Waals surface area contributed by atoms with Gasteiger partial charge in [-0.05, 0) is 62.9 Å². The van der Waals surface area contributed by atoms with Gasteiger partial charge in [0.15, 0.2) is 0 Å². The number of nitrogens with zero attached hydrogens (tertiary/aromatic N) is 2. The lowest BCUT2D eigenvalue weighted by Gasteiger charge is -2.49. The van der Waals surface area contributed by atoms with Gasteiger partial charge < -0.3 is 9.80 Å². The molecule has 0 spiro atoms. The molecule has 0 unspecified atom stereocenters. The normalized spacial score (nSPS) is 27.6. The fourth-order valence-electron chi connectivity index (χ4n) is 4.52. The molecule has 1 amide bonds. The molecule has 1 heterocycles. The summed E-state index contributed by atoms with van der Waals surface area (Å²) in [7, 11) is 4.18. The molecule has 24 heavy (non-hydrogen) atoms. The molecule has 1 saturated heterocycles. The van der Waals surface area contributed by atoms with Crippen molar-refractivity contribution in [3.8, 4) is 0 Å². The molecular formula is C19H26Cl2N2O. The summed E-state index contributed by atoms with van der Waals surface area (Å²) < 4.78 is 0. The van der Waals surface area contributed by atoms with Crippen molar-refractivity contribution < 1.29 is 4.79 Å². The van der Waals surface area contributed by atoms with Crippen molar-refractivity contribution in [2.24, 2.45) is 5.92 Å². The van der Waals surface area contributed by atoms with Crippen LogP contribution in [-0.2, 0) is 11.2 Å². The Bertz CT molecular complexity index is 605. The van der Waals surface area contributed by atoms with Crippen molar-refractivity contribution in [2.45, 2.75) is 50.6 Å². The molecular weight excluding hydrogens is 343 g/mol. The molecule has 1 saturated carbocycles. The summed E-state index contributed by atoms with van der Waals surface area (Å²) in [5.41, 5.74) is 0.922. The molecule has 1 aromatic carbocycles. The number of fused-ring (bicyclic) bond motifs is 1. The van der Waals surface area contributed by atoms with Gasteiger partial charge in [-0.15, -0.1) is 0 Å². The Morgan fingerprint density at radius 2 is 1.96 bits per heavy atom. The third kappa shape index (κ3) is 3.74. The van der Waals surface area contributed by atoms with Gasteiger partial charge in [0.05, 0.1) is 16.5 Å². The Hall–Kier alpha value is -0.770. The van der Waals surface area contributed by atoms with Gasteiger partial charge in [-0.1, -0.05) is 35.7 Å². The first-order chi connectivity index (χ1) is 11.5. The van der Waals surface area contributed by atoms with Gasteiger partial charge in [0, 0.05) is 19.1 Å². The highest BCUT2D eigenvalue weighted by Gasteiger charge is 2.40. The van der Waals surface area contributed by atoms with E-state index in [0.717, 1.165) is 24.4 Å². The van der Waals surface area contributed by atoms with E-state index in [-0.39, 0.29) is 5.91 Å². The van der Waals surface area contributed by atoms with E-state index >= 15 is 0 Å². The predicted octanol–water partition coefficient (Wildman–Crippen LogP) is 4.26. The number of halogens is 2. The van der Waals surface area contributed by atoms with E-state index in [1.165, 1.54) is 25.7 Å². The molecule has 132 valence electrons. The first kappa shape index (κ1) is 18.0. The molecule has 3 nitrogen and oxygen atoms in total. The van der Waals surface area contributed by atoms with E-state index in [1.807, 2.05) is 18.0 Å². The number of rotatable bonds is 3. The van der Waals surface area contributed by atoms with Crippen molar-refractivity contribution in [3.63, 3.8) is 0 Å². The van der Waals surface area contributed by atoms with Gasteiger partial charge in [0.2, 0.25) is 5.91 Å². The van der Waals surface area contributed by atoms with Crippen LogP contribution in [-0.4, -0.2) is 48.4 Å². The molecule has 1 aromatic rings. The highest BCUT2D eigenvalue weighted by atomic mass is 35.5. The number of carbonyl (C=O) groups excluding carboxylic acids is 1. The molecule has 3 rings (SSSR count). The van der Waals surface area contributed by atoms with Crippen LogP contribution in [0.15, 0.2) is 18.2 Å². The summed E-state index contributed by atoms with van der Waals surface area (Å²) in [5.74, 6) is 0.903. The van der Waals surface area contributed by atoms with Gasteiger partial charge >= 0.3 is 0 Å². The molecule has 2 fully saturated rings. The summed E-state index contributed by atoms with van der Waals surface area (Å²) in [6.45, 7) is 1.15. The minimum Gasteiger partial charge on any atom is -0.341 e. The summed E-state index contributed by atoms with van der Waals surface area (Å²) >= 11 is 12.0. The van der Waals surface area contributed by atoms with Gasteiger partial charge in [0.25, 0.3) is 0 Å². The Morgan fingerprint density at radius 1 is 1.21 bits per heavy atom. The van der Waals surface area contributed by atoms with E-state index in [9.17, 15) is 4.79 Å². The second-order valence-corrected chi connectivity index (χ2v) is 8.12. The Kier molecular flexibility index (Phi) is 5.74. The van der Waals surface area contributed by atoms with Crippen molar-refractivity contribution in [2.75, 3.05) is 20.6 Å². The first-order valence-electron chi connectivity index (χ1n) is 8.87. The quantitative estimate of drug-likeness (QED) is 0.795. The van der Waals surface area contributed by atoms with E-state index in [1.54, 1.807) is 12.1 Å². The molecule has 5 heteroatoms. The number of carbonyl (C=O) groups is 1. The number of amides is 1. The van der Waals surface area contributed by atoms with E-state index in [2.05, 4.69) is 11.9 Å². The zero-order valence-corrected chi connectivity index (χ0v) is 16.0. The Balaban J connectivity index is 1.70. The van der Waals surface area contributed by atoms with Crippen LogP contribution in [0.1, 0.15) is 37.7 Å². The summed E-state index contributed by atoms with van der Waals surface area (Å²) in [6.07, 6.45) is 6.61. The van der Waals surface area contributed by atoms with Crippen LogP contribution in [0, 0.1) is 5.92 Å². The van der Waals surface area contributed by atoms with Crippen LogP contribution in [0.2, 0.25) is 10.0 Å². The molecule has 1 aliphatic carbocycles. The summed E-state index contributed by atoms with van der Waals surface area (Å²) in [5, 5.41) is 1.04. The maximum absolute atomic E-state index is 12.8. The van der Waals surface area contributed by atoms with Crippen molar-refractivity contribution in [1.82, 2.24) is 9.80 Å². The summed E-state index contributed by atoms with van der Waals surface area (Å²) in [6, 6.07) is 6.28. The first-order valence-corrected chi connectivity index (χ1v) is 9.63. The summed E-state index contributed by atoms with van der Waals surface area (Å²) in [4.78, 5) is 17.3. The van der Waals surface area contributed by atoms with Gasteiger partial charge in [-0.3, -0.25) is 4.79 Å². The number of hydrogen-bond donors (Lipinski definition) is 0. The topological polar surface area (TPSA) is 23.6 Å². The van der Waals surface area contributed by atoms with Crippen LogP contribution in [0.5, 0.6) is 0 Å². The number of benzene rings is 1. The predicted molar refractivity (Wildman–Crippen MR) is 99.7 cm³/mol. The number of hydrogen-bond acceptors (Lipinski definition) is 2. The van der Waals surface area contributed by atoms with Gasteiger partial charge in [-0.2, -0.15) is 0 Å². The van der Waals surface area contributed by atoms with Gasteiger partial charge in [0.1, 0.15) is 0 Å². The minimum absolute atomic E-state index is 0.165. The number of likely N-dealkylation sites (N-methyl/N-ethyl adjacent to an activating group) is 2. The Labute approximate surface area is 154 Å². The Morgan fingerprint density at radius 3 is 2.71 bits per heavy atom. The molecule has 0 bridgehead atoms. The van der Waals surface area contributed by atoms with Crippen LogP contribution in [0.4, 0.5) is 0 Å². The molecule has 0 radical (unpaired) electrons. The SMILES string of the molecule is CN1CCC[C@H]2CCC[C@H](N(C)C(=O)Cc3ccc(Cl)c(Cl)c3)[C@H]21. The smallest absolute Gasteiger partial charge is 0.227 e. The van der Waals surface area contributed by atoms with Crippen molar-refractivity contribution in [3.05, 3.63) is 33.8 Å². The fraction of sp³-hybridized carbons (Fsp3) is 0.632. The highest BCUT2D eigenvalue weighted by molar-refractivity contribution is 6.42. The van der Waals surface area contributed by atoms with Crippen LogP contribution >= 0.6 is 23.2 Å². The third-order valence-corrected chi connectivity index (χ3v) is 6.52. The molecule has 0 N–H and O–H groups in total. The largest absolute Gasteiger partial charge is 0.341 e. The standard InChI is InChI=1S/C19H26Cl2N2O/c1-22-10-4-6-14-5-3-7-17(19(14)22)23(2)18(24)12-13-8-9-15(20)16(21)11-13/h8-9,11,14,17,19H,3-7,10,12H2,1-2H3/t14-,17+,19+/m1/s1. The third-order valence-electron chi connectivity index (χ3n) is 5.78. The van der Waals surface area contributed by atoms with Crippen LogP contribution in [0.3, 0.4) is 0 Å². The van der Waals surface area contributed by atoms with Crippen LogP contribution in [0.25, 0.3) is 0 Å². The molecule has 0 aromatic heterocycles. The monoisotopic (exact) mass is 368 g/mol. The maximum Gasteiger partial charge on any atom is 0.227 e. The molecule has 2 aliphatic rings.